The normalized spacial score (nSPS) is 19.8. The second kappa shape index (κ2) is 7.59. The number of aromatic nitrogens is 2. The Morgan fingerprint density at radius 1 is 1.14 bits per heavy atom. The Kier molecular flexibility index (Phi) is 5.00. The van der Waals surface area contributed by atoms with Gasteiger partial charge in [0.25, 0.3) is 0 Å². The Morgan fingerprint density at radius 3 is 2.79 bits per heavy atom. The highest BCUT2D eigenvalue weighted by atomic mass is 19.1. The van der Waals surface area contributed by atoms with Crippen molar-refractivity contribution in [2.24, 2.45) is 5.73 Å². The number of benzene rings is 1. The van der Waals surface area contributed by atoms with Gasteiger partial charge in [0.05, 0.1) is 24.9 Å². The number of pyridine rings is 2. The first-order valence-corrected chi connectivity index (χ1v) is 9.16. The van der Waals surface area contributed by atoms with Gasteiger partial charge < -0.3 is 10.6 Å². The molecular formula is C21H20F2N4O. The van der Waals surface area contributed by atoms with E-state index in [2.05, 4.69) is 9.97 Å². The molecule has 0 saturated carbocycles. The van der Waals surface area contributed by atoms with Crippen LogP contribution in [0.5, 0.6) is 0 Å². The molecule has 1 amide bonds. The number of carbonyl (C=O) groups excluding carboxylic acids is 1. The molecule has 0 aliphatic carbocycles. The van der Waals surface area contributed by atoms with Gasteiger partial charge in [-0.2, -0.15) is 0 Å². The van der Waals surface area contributed by atoms with Gasteiger partial charge in [-0.3, -0.25) is 14.8 Å². The fourth-order valence-electron chi connectivity index (χ4n) is 3.45. The molecule has 1 aliphatic heterocycles. The zero-order valence-corrected chi connectivity index (χ0v) is 15.2. The minimum atomic E-state index is -1.19. The molecule has 144 valence electrons. The Hall–Kier alpha value is -2.93. The number of nitrogens with two attached hydrogens (primary N) is 1. The summed E-state index contributed by atoms with van der Waals surface area (Å²) in [5, 5.41) is 1.81. The van der Waals surface area contributed by atoms with Crippen molar-refractivity contribution in [1.29, 1.82) is 0 Å². The average Bonchev–Trinajstić information content (AvgIpc) is 2.69. The Balaban J connectivity index is 1.56. The molecule has 28 heavy (non-hydrogen) atoms. The quantitative estimate of drug-likeness (QED) is 0.756. The molecule has 0 radical (unpaired) electrons. The van der Waals surface area contributed by atoms with Crippen molar-refractivity contribution >= 4 is 16.7 Å². The fraction of sp³-hybridized carbons (Fsp3) is 0.286. The van der Waals surface area contributed by atoms with Crippen LogP contribution in [0.3, 0.4) is 0 Å². The van der Waals surface area contributed by atoms with Crippen LogP contribution in [-0.4, -0.2) is 46.1 Å². The van der Waals surface area contributed by atoms with E-state index in [1.165, 1.54) is 11.0 Å². The molecule has 3 aromatic rings. The van der Waals surface area contributed by atoms with Crippen molar-refractivity contribution in [1.82, 2.24) is 14.9 Å². The van der Waals surface area contributed by atoms with Crippen LogP contribution in [0.15, 0.2) is 48.9 Å². The number of hydrogen-bond donors (Lipinski definition) is 1. The first-order chi connectivity index (χ1) is 13.5. The van der Waals surface area contributed by atoms with Crippen LogP contribution < -0.4 is 5.73 Å². The van der Waals surface area contributed by atoms with Gasteiger partial charge in [0, 0.05) is 35.9 Å². The third-order valence-corrected chi connectivity index (χ3v) is 5.09. The molecule has 4 rings (SSSR count). The Bertz CT molecular complexity index is 1030. The summed E-state index contributed by atoms with van der Waals surface area (Å²) in [5.74, 6) is -0.557. The highest BCUT2D eigenvalue weighted by Gasteiger charge is 2.29. The molecule has 0 bridgehead atoms. The molecule has 1 saturated heterocycles. The van der Waals surface area contributed by atoms with Crippen LogP contribution in [0.25, 0.3) is 21.9 Å². The van der Waals surface area contributed by atoms with Gasteiger partial charge in [-0.15, -0.1) is 0 Å². The van der Waals surface area contributed by atoms with Crippen molar-refractivity contribution in [2.45, 2.75) is 25.1 Å². The molecule has 0 spiro atoms. The van der Waals surface area contributed by atoms with Gasteiger partial charge in [-0.05, 0) is 35.6 Å². The summed E-state index contributed by atoms with van der Waals surface area (Å²) < 4.78 is 27.3. The number of hydrogen-bond acceptors (Lipinski definition) is 4. The lowest BCUT2D eigenvalue weighted by molar-refractivity contribution is -0.132. The largest absolute Gasteiger partial charge is 0.339 e. The summed E-state index contributed by atoms with van der Waals surface area (Å²) in [6, 6.07) is 8.45. The minimum Gasteiger partial charge on any atom is -0.339 e. The topological polar surface area (TPSA) is 72.1 Å². The highest BCUT2D eigenvalue weighted by molar-refractivity contribution is 5.88. The molecule has 2 atom stereocenters. The Labute approximate surface area is 161 Å². The maximum Gasteiger partial charge on any atom is 0.228 e. The summed E-state index contributed by atoms with van der Waals surface area (Å²) in [6.45, 7) is 0.495. The van der Waals surface area contributed by atoms with Crippen LogP contribution in [0, 0.1) is 5.82 Å². The number of piperidine rings is 1. The molecule has 2 aromatic heterocycles. The average molecular weight is 382 g/mol. The molecule has 7 heteroatoms. The van der Waals surface area contributed by atoms with Gasteiger partial charge in [0.2, 0.25) is 5.91 Å². The van der Waals surface area contributed by atoms with Crippen molar-refractivity contribution in [2.75, 3.05) is 13.1 Å². The first kappa shape index (κ1) is 18.4. The standard InChI is InChI=1S/C21H20F2N4O/c22-17-6-16(9-25-11-17)13-1-2-14-10-26-18(7-15(14)5-13)8-21(28)27-4-3-20(24)19(23)12-27/h1-2,5-7,9-11,19-20H,3-4,8,12,24H2/t19-,20-/m0/s1. The van der Waals surface area contributed by atoms with Crippen molar-refractivity contribution < 1.29 is 13.6 Å². The maximum atomic E-state index is 13.8. The van der Waals surface area contributed by atoms with Crippen LogP contribution in [-0.2, 0) is 11.2 Å². The summed E-state index contributed by atoms with van der Waals surface area (Å²) in [7, 11) is 0. The van der Waals surface area contributed by atoms with Gasteiger partial charge in [-0.1, -0.05) is 12.1 Å². The van der Waals surface area contributed by atoms with E-state index in [1.807, 2.05) is 24.3 Å². The van der Waals surface area contributed by atoms with E-state index in [9.17, 15) is 13.6 Å². The number of amides is 1. The van der Waals surface area contributed by atoms with Crippen LogP contribution in [0.2, 0.25) is 0 Å². The van der Waals surface area contributed by atoms with E-state index < -0.39 is 18.0 Å². The fourth-order valence-corrected chi connectivity index (χ4v) is 3.45. The van der Waals surface area contributed by atoms with E-state index in [0.29, 0.717) is 24.2 Å². The Morgan fingerprint density at radius 2 is 2.00 bits per heavy atom. The predicted molar refractivity (Wildman–Crippen MR) is 103 cm³/mol. The monoisotopic (exact) mass is 382 g/mol. The number of carbonyl (C=O) groups is 1. The van der Waals surface area contributed by atoms with E-state index in [1.54, 1.807) is 12.4 Å². The molecule has 3 heterocycles. The second-order valence-electron chi connectivity index (χ2n) is 7.11. The molecule has 1 aliphatic rings. The zero-order valence-electron chi connectivity index (χ0n) is 15.2. The van der Waals surface area contributed by atoms with E-state index >= 15 is 0 Å². The van der Waals surface area contributed by atoms with Gasteiger partial charge >= 0.3 is 0 Å². The van der Waals surface area contributed by atoms with Crippen molar-refractivity contribution in [3.63, 3.8) is 0 Å². The number of rotatable bonds is 3. The molecule has 1 aromatic carbocycles. The van der Waals surface area contributed by atoms with E-state index in [-0.39, 0.29) is 18.9 Å². The third kappa shape index (κ3) is 3.84. The van der Waals surface area contributed by atoms with Crippen molar-refractivity contribution in [3.8, 4) is 11.1 Å². The number of halogens is 2. The smallest absolute Gasteiger partial charge is 0.228 e. The lowest BCUT2D eigenvalue weighted by Gasteiger charge is -2.32. The lowest BCUT2D eigenvalue weighted by atomic mass is 10.0. The number of nitrogens with zero attached hydrogens (tertiary/aromatic N) is 3. The lowest BCUT2D eigenvalue weighted by Crippen LogP contribution is -2.50. The summed E-state index contributed by atoms with van der Waals surface area (Å²) in [5.41, 5.74) is 7.79. The van der Waals surface area contributed by atoms with E-state index in [4.69, 9.17) is 5.73 Å². The minimum absolute atomic E-state index is 0.0320. The zero-order chi connectivity index (χ0) is 19.7. The molecule has 1 fully saturated rings. The van der Waals surface area contributed by atoms with Crippen LogP contribution in [0.1, 0.15) is 12.1 Å². The van der Waals surface area contributed by atoms with Crippen molar-refractivity contribution in [3.05, 3.63) is 60.4 Å². The summed E-state index contributed by atoms with van der Waals surface area (Å²) in [6.07, 6.45) is 3.84. The first-order valence-electron chi connectivity index (χ1n) is 9.16. The molecule has 2 N–H and O–H groups in total. The van der Waals surface area contributed by atoms with E-state index in [0.717, 1.165) is 22.5 Å². The predicted octanol–water partition coefficient (Wildman–Crippen LogP) is 2.88. The number of alkyl halides is 1. The second-order valence-corrected chi connectivity index (χ2v) is 7.11. The molecular weight excluding hydrogens is 362 g/mol. The molecule has 0 unspecified atom stereocenters. The third-order valence-electron chi connectivity index (χ3n) is 5.09. The van der Waals surface area contributed by atoms with Gasteiger partial charge in [0.1, 0.15) is 12.0 Å². The van der Waals surface area contributed by atoms with Crippen LogP contribution >= 0.6 is 0 Å². The summed E-state index contributed by atoms with van der Waals surface area (Å²) in [4.78, 5) is 22.3. The molecule has 5 nitrogen and oxygen atoms in total. The number of likely N-dealkylation sites (tertiary alicyclic amines) is 1. The summed E-state index contributed by atoms with van der Waals surface area (Å²) >= 11 is 0. The SMILES string of the molecule is N[C@H]1CCN(C(=O)Cc2cc3cc(-c4cncc(F)c4)ccc3cn2)C[C@@H]1F. The van der Waals surface area contributed by atoms with Crippen LogP contribution in [0.4, 0.5) is 8.78 Å². The maximum absolute atomic E-state index is 13.8. The highest BCUT2D eigenvalue weighted by Crippen LogP contribution is 2.25. The van der Waals surface area contributed by atoms with Gasteiger partial charge in [0.15, 0.2) is 0 Å². The van der Waals surface area contributed by atoms with Gasteiger partial charge in [-0.25, -0.2) is 8.78 Å². The number of fused-ring (bicyclic) bond motifs is 1.